The van der Waals surface area contributed by atoms with E-state index in [0.29, 0.717) is 33.4 Å². The van der Waals surface area contributed by atoms with Crippen molar-refractivity contribution in [1.29, 1.82) is 5.26 Å². The predicted octanol–water partition coefficient (Wildman–Crippen LogP) is 9.49. The predicted molar refractivity (Wildman–Crippen MR) is 239 cm³/mol. The van der Waals surface area contributed by atoms with Crippen molar-refractivity contribution >= 4 is 43.3 Å². The summed E-state index contributed by atoms with van der Waals surface area (Å²) in [7, 11) is 0. The van der Waals surface area contributed by atoms with Gasteiger partial charge in [0.15, 0.2) is 0 Å². The molecule has 0 fully saturated rings. The van der Waals surface area contributed by atoms with Crippen LogP contribution >= 0.6 is 0 Å². The molecule has 1 radical (unpaired) electrons. The molecule has 7 heteroatoms. The first kappa shape index (κ1) is 38.1. The first-order valence-electron chi connectivity index (χ1n) is 19.7. The van der Waals surface area contributed by atoms with Crippen molar-refractivity contribution in [3.8, 4) is 6.07 Å². The number of hydrogen-bond donors (Lipinski definition) is 0. The molecule has 0 N–H and O–H groups in total. The Labute approximate surface area is 355 Å². The third-order valence-corrected chi connectivity index (χ3v) is 14.3. The molecule has 285 valence electrons. The second-order valence-corrected chi connectivity index (χ2v) is 17.2. The summed E-state index contributed by atoms with van der Waals surface area (Å²) in [6, 6.07) is 74.7. The maximum atomic E-state index is 12.6. The molecule has 0 spiro atoms. The molecule has 0 bridgehead atoms. The van der Waals surface area contributed by atoms with E-state index in [4.69, 9.17) is 15.3 Å². The zero-order chi connectivity index (χ0) is 40.8. The third-order valence-electron chi connectivity index (χ3n) is 11.0. The number of rotatable bonds is 12. The number of nitrogens with zero attached hydrogens (tertiary/aromatic N) is 5. The van der Waals surface area contributed by atoms with Crippen molar-refractivity contribution in [1.82, 2.24) is 20.0 Å². The molecule has 9 rings (SSSR count). The van der Waals surface area contributed by atoms with Crippen LogP contribution in [0.3, 0.4) is 0 Å². The SMILES string of the molecule is N#Cc1cccc(/C(=C\C=O)c2cc([As]C(c3ccccc3)(c3ccccc3)c3ccccc3)nc3c2nnn3C(c2ccccc2)(c2ccccc2)c2ccccc2)c1. The molecule has 0 aliphatic heterocycles. The minimum absolute atomic E-state index is 0.484. The summed E-state index contributed by atoms with van der Waals surface area (Å²) in [4.78, 5) is 18.3. The first-order valence-corrected chi connectivity index (χ1v) is 21.5. The van der Waals surface area contributed by atoms with Gasteiger partial charge in [-0.15, -0.1) is 0 Å². The van der Waals surface area contributed by atoms with Gasteiger partial charge in [-0.1, -0.05) is 0 Å². The summed E-state index contributed by atoms with van der Waals surface area (Å²) < 4.78 is 2.22. The van der Waals surface area contributed by atoms with Gasteiger partial charge in [-0.25, -0.2) is 0 Å². The van der Waals surface area contributed by atoms with Gasteiger partial charge >= 0.3 is 358 Å². The standard InChI is InChI=1S/C53H37AsN5O/c55-38-39-20-19-21-40(36-39)47(34-35-60)48-37-49(54-52(41-22-7-1-8-23-41,42-24-9-2-10-25-42)43-26-11-3-12-27-43)56-51-50(48)57-58-59(51)53(44-28-13-4-14-29-44,45-30-15-5-16-31-45)46-32-17-6-18-33-46/h1-37H/b47-34+. The Hall–Kier alpha value is -7.45. The van der Waals surface area contributed by atoms with E-state index in [1.807, 2.05) is 77.5 Å². The molecule has 0 atom stereocenters. The molecule has 9 aromatic rings. The maximum absolute atomic E-state index is 12.6. The monoisotopic (exact) mass is 834 g/mol. The van der Waals surface area contributed by atoms with Crippen LogP contribution in [0.15, 0.2) is 218 Å². The van der Waals surface area contributed by atoms with Crippen LogP contribution in [0.5, 0.6) is 0 Å². The van der Waals surface area contributed by atoms with Gasteiger partial charge in [0.1, 0.15) is 0 Å². The molecule has 0 unspecified atom stereocenters. The fourth-order valence-corrected chi connectivity index (χ4v) is 11.5. The fourth-order valence-electron chi connectivity index (χ4n) is 8.35. The normalized spacial score (nSPS) is 12.1. The number of hydrogen-bond acceptors (Lipinski definition) is 5. The number of aldehydes is 1. The number of carbonyl (C=O) groups is 1. The van der Waals surface area contributed by atoms with Crippen LogP contribution < -0.4 is 4.48 Å². The van der Waals surface area contributed by atoms with Gasteiger partial charge in [-0.05, 0) is 0 Å². The average molecular weight is 835 g/mol. The number of pyridine rings is 1. The van der Waals surface area contributed by atoms with Gasteiger partial charge < -0.3 is 0 Å². The van der Waals surface area contributed by atoms with Crippen molar-refractivity contribution in [3.05, 3.63) is 268 Å². The van der Waals surface area contributed by atoms with E-state index < -0.39 is 25.5 Å². The van der Waals surface area contributed by atoms with E-state index in [9.17, 15) is 10.1 Å². The van der Waals surface area contributed by atoms with E-state index >= 15 is 0 Å². The molecule has 60 heavy (non-hydrogen) atoms. The average Bonchev–Trinajstić information content (AvgIpc) is 3.76. The molecule has 0 aliphatic rings. The van der Waals surface area contributed by atoms with E-state index in [1.165, 1.54) is 0 Å². The molecule has 0 aliphatic carbocycles. The van der Waals surface area contributed by atoms with Crippen molar-refractivity contribution in [2.24, 2.45) is 0 Å². The van der Waals surface area contributed by atoms with Gasteiger partial charge in [0.25, 0.3) is 0 Å². The first-order chi connectivity index (χ1) is 29.7. The zero-order valence-corrected chi connectivity index (χ0v) is 34.3. The number of benzene rings is 7. The van der Waals surface area contributed by atoms with Gasteiger partial charge in [-0.3, -0.25) is 0 Å². The summed E-state index contributed by atoms with van der Waals surface area (Å²) >= 11 is -0.882. The molecule has 0 saturated carbocycles. The van der Waals surface area contributed by atoms with Gasteiger partial charge in [-0.2, -0.15) is 0 Å². The Balaban J connectivity index is 1.42. The fraction of sp³-hybridized carbons (Fsp3) is 0.0377. The third kappa shape index (κ3) is 6.75. The van der Waals surface area contributed by atoms with Crippen molar-refractivity contribution in [2.45, 2.75) is 9.74 Å². The summed E-state index contributed by atoms with van der Waals surface area (Å²) in [6.07, 6.45) is 2.35. The second kappa shape index (κ2) is 16.8. The zero-order valence-electron chi connectivity index (χ0n) is 32.5. The van der Waals surface area contributed by atoms with Crippen LogP contribution in [0, 0.1) is 11.3 Å². The number of allylic oxidation sites excluding steroid dienone is 1. The summed E-state index contributed by atoms with van der Waals surface area (Å²) in [5.41, 5.74) is 8.99. The molecule has 2 heterocycles. The Morgan fingerprint density at radius 2 is 1.02 bits per heavy atom. The van der Waals surface area contributed by atoms with Crippen LogP contribution in [0.2, 0.25) is 0 Å². The van der Waals surface area contributed by atoms with Crippen LogP contribution in [0.25, 0.3) is 16.7 Å². The van der Waals surface area contributed by atoms with Crippen molar-refractivity contribution in [3.63, 3.8) is 0 Å². The number of aromatic nitrogens is 4. The van der Waals surface area contributed by atoms with E-state index in [1.54, 1.807) is 12.1 Å². The number of nitriles is 1. The summed E-state index contributed by atoms with van der Waals surface area (Å²) in [6.45, 7) is 0. The molecule has 7 aromatic carbocycles. The molecular weight excluding hydrogens is 798 g/mol. The Morgan fingerprint density at radius 1 is 0.567 bits per heavy atom. The Morgan fingerprint density at radius 3 is 1.45 bits per heavy atom. The molecule has 0 amide bonds. The van der Waals surface area contributed by atoms with Crippen LogP contribution in [-0.4, -0.2) is 42.0 Å². The summed E-state index contributed by atoms with van der Waals surface area (Å²) in [5.74, 6) is 0. The van der Waals surface area contributed by atoms with Gasteiger partial charge in [0.2, 0.25) is 0 Å². The topological polar surface area (TPSA) is 84.5 Å². The number of fused-ring (bicyclic) bond motifs is 1. The van der Waals surface area contributed by atoms with Crippen LogP contribution in [0.4, 0.5) is 0 Å². The molecular formula is C53H37AsN5O. The minimum atomic E-state index is -1.01. The van der Waals surface area contributed by atoms with Gasteiger partial charge in [0.05, 0.1) is 0 Å². The van der Waals surface area contributed by atoms with E-state index in [-0.39, 0.29) is 0 Å². The quantitative estimate of drug-likeness (QED) is 0.0530. The molecule has 2 aromatic heterocycles. The second-order valence-electron chi connectivity index (χ2n) is 14.3. The van der Waals surface area contributed by atoms with Crippen molar-refractivity contribution < 1.29 is 4.79 Å². The van der Waals surface area contributed by atoms with Crippen LogP contribution in [0.1, 0.15) is 50.1 Å². The molecule has 0 saturated heterocycles. The van der Waals surface area contributed by atoms with Crippen molar-refractivity contribution in [2.75, 3.05) is 0 Å². The Bertz CT molecular complexity index is 2770. The van der Waals surface area contributed by atoms with Crippen LogP contribution in [-0.2, 0) is 14.5 Å². The van der Waals surface area contributed by atoms with Gasteiger partial charge in [0, 0.05) is 0 Å². The number of carbonyl (C=O) groups excluding carboxylic acids is 1. The molecule has 6 nitrogen and oxygen atoms in total. The van der Waals surface area contributed by atoms with E-state index in [2.05, 4.69) is 140 Å². The van der Waals surface area contributed by atoms with E-state index in [0.717, 1.165) is 44.1 Å². The summed E-state index contributed by atoms with van der Waals surface area (Å²) in [5, 5.41) is 20.0. The Kier molecular flexibility index (Phi) is 10.7.